The highest BCUT2D eigenvalue weighted by atomic mass is 32.2. The minimum atomic E-state index is -0.0753. The average Bonchev–Trinajstić information content (AvgIpc) is 3.05. The van der Waals surface area contributed by atoms with Gasteiger partial charge in [-0.15, -0.1) is 5.10 Å². The topological polar surface area (TPSA) is 72.2 Å². The van der Waals surface area contributed by atoms with Crippen molar-refractivity contribution in [2.75, 3.05) is 11.1 Å². The highest BCUT2D eigenvalue weighted by molar-refractivity contribution is 7.99. The van der Waals surface area contributed by atoms with Crippen LogP contribution in [0.25, 0.3) is 16.6 Å². The van der Waals surface area contributed by atoms with E-state index in [2.05, 4.69) is 20.4 Å². The number of amides is 1. The van der Waals surface area contributed by atoms with Crippen molar-refractivity contribution in [1.82, 2.24) is 19.6 Å². The summed E-state index contributed by atoms with van der Waals surface area (Å²) in [6.07, 6.45) is 0. The molecule has 7 heteroatoms. The first-order chi connectivity index (χ1) is 13.0. The Morgan fingerprint density at radius 2 is 1.89 bits per heavy atom. The van der Waals surface area contributed by atoms with Gasteiger partial charge < -0.3 is 5.32 Å². The molecule has 0 fully saturated rings. The van der Waals surface area contributed by atoms with Gasteiger partial charge in [-0.1, -0.05) is 36.0 Å². The Labute approximate surface area is 161 Å². The first-order valence-corrected chi connectivity index (χ1v) is 9.62. The van der Waals surface area contributed by atoms with Crippen molar-refractivity contribution in [2.24, 2.45) is 0 Å². The van der Waals surface area contributed by atoms with Crippen molar-refractivity contribution >= 4 is 39.9 Å². The smallest absolute Gasteiger partial charge is 0.234 e. The third kappa shape index (κ3) is 3.38. The van der Waals surface area contributed by atoms with Crippen molar-refractivity contribution in [2.45, 2.75) is 25.9 Å². The lowest BCUT2D eigenvalue weighted by molar-refractivity contribution is -0.113. The van der Waals surface area contributed by atoms with Gasteiger partial charge in [0.15, 0.2) is 10.8 Å². The van der Waals surface area contributed by atoms with E-state index in [1.165, 1.54) is 11.8 Å². The lowest BCUT2D eigenvalue weighted by atomic mass is 10.1. The molecule has 0 saturated heterocycles. The first kappa shape index (κ1) is 17.5. The van der Waals surface area contributed by atoms with E-state index in [9.17, 15) is 4.79 Å². The number of nitrogens with zero attached hydrogens (tertiary/aromatic N) is 4. The van der Waals surface area contributed by atoms with Gasteiger partial charge in [-0.3, -0.25) is 4.79 Å². The Balaban J connectivity index is 1.59. The molecule has 27 heavy (non-hydrogen) atoms. The predicted molar refractivity (Wildman–Crippen MR) is 108 cm³/mol. The molecular formula is C20H19N5OS. The van der Waals surface area contributed by atoms with Gasteiger partial charge in [0, 0.05) is 11.1 Å². The summed E-state index contributed by atoms with van der Waals surface area (Å²) in [6, 6.07) is 13.7. The Morgan fingerprint density at radius 3 is 2.74 bits per heavy atom. The molecule has 0 spiro atoms. The number of benzene rings is 2. The van der Waals surface area contributed by atoms with Crippen molar-refractivity contribution < 1.29 is 4.79 Å². The molecule has 0 aliphatic carbocycles. The molecule has 0 radical (unpaired) electrons. The van der Waals surface area contributed by atoms with E-state index in [1.54, 1.807) is 4.52 Å². The maximum absolute atomic E-state index is 12.4. The second-order valence-corrected chi connectivity index (χ2v) is 7.33. The van der Waals surface area contributed by atoms with E-state index in [4.69, 9.17) is 0 Å². The van der Waals surface area contributed by atoms with Crippen LogP contribution >= 0.6 is 11.8 Å². The van der Waals surface area contributed by atoms with Crippen molar-refractivity contribution in [1.29, 1.82) is 0 Å². The summed E-state index contributed by atoms with van der Waals surface area (Å²) in [5, 5.41) is 9.02. The summed E-state index contributed by atoms with van der Waals surface area (Å²) in [5.41, 5.74) is 4.67. The van der Waals surface area contributed by atoms with Crippen LogP contribution in [0.1, 0.15) is 17.0 Å². The van der Waals surface area contributed by atoms with Gasteiger partial charge in [-0.05, 0) is 50.1 Å². The minimum Gasteiger partial charge on any atom is -0.325 e. The first-order valence-electron chi connectivity index (χ1n) is 8.64. The zero-order valence-corrected chi connectivity index (χ0v) is 16.2. The van der Waals surface area contributed by atoms with Crippen LogP contribution < -0.4 is 5.32 Å². The van der Waals surface area contributed by atoms with Crippen LogP contribution in [-0.4, -0.2) is 31.2 Å². The second kappa shape index (κ2) is 7.00. The summed E-state index contributed by atoms with van der Waals surface area (Å²) >= 11 is 1.35. The molecule has 2 heterocycles. The normalized spacial score (nSPS) is 11.2. The number of nitrogens with one attached hydrogen (secondary N) is 1. The third-order valence-corrected chi connectivity index (χ3v) is 5.40. The largest absolute Gasteiger partial charge is 0.325 e. The van der Waals surface area contributed by atoms with Crippen LogP contribution in [-0.2, 0) is 4.79 Å². The summed E-state index contributed by atoms with van der Waals surface area (Å²) in [7, 11) is 0. The number of fused-ring (bicyclic) bond motifs is 3. The van der Waals surface area contributed by atoms with Gasteiger partial charge in [-0.2, -0.15) is 4.52 Å². The van der Waals surface area contributed by atoms with Crippen LogP contribution in [0.2, 0.25) is 0 Å². The molecule has 1 amide bonds. The van der Waals surface area contributed by atoms with Crippen LogP contribution in [0.15, 0.2) is 47.6 Å². The Bertz CT molecular complexity index is 1170. The number of hydrogen-bond donors (Lipinski definition) is 1. The summed E-state index contributed by atoms with van der Waals surface area (Å²) in [4.78, 5) is 21.6. The van der Waals surface area contributed by atoms with E-state index in [0.29, 0.717) is 11.0 Å². The van der Waals surface area contributed by atoms with Gasteiger partial charge in [0.2, 0.25) is 5.91 Å². The number of para-hydroxylation sites is 1. The maximum Gasteiger partial charge on any atom is 0.234 e. The lowest BCUT2D eigenvalue weighted by Gasteiger charge is -2.10. The van der Waals surface area contributed by atoms with E-state index < -0.39 is 0 Å². The standard InChI is InChI=1S/C20H19N5OS/c1-12-7-6-10-16(13(12)2)22-18(26)11-27-20-23-17-9-5-4-8-15(17)19-21-14(3)24-25(19)20/h4-10H,11H2,1-3H3,(H,22,26). The molecule has 4 aromatic rings. The zero-order chi connectivity index (χ0) is 19.0. The van der Waals surface area contributed by atoms with Gasteiger partial charge in [0.25, 0.3) is 0 Å². The van der Waals surface area contributed by atoms with Gasteiger partial charge in [0.1, 0.15) is 5.82 Å². The van der Waals surface area contributed by atoms with E-state index in [1.807, 2.05) is 63.2 Å². The molecule has 0 saturated carbocycles. The van der Waals surface area contributed by atoms with Crippen LogP contribution in [0.3, 0.4) is 0 Å². The van der Waals surface area contributed by atoms with Crippen LogP contribution in [0.5, 0.6) is 0 Å². The molecule has 6 nitrogen and oxygen atoms in total. The van der Waals surface area contributed by atoms with Crippen LogP contribution in [0, 0.1) is 20.8 Å². The number of carbonyl (C=O) groups excluding carboxylic acids is 1. The zero-order valence-electron chi connectivity index (χ0n) is 15.4. The third-order valence-electron chi connectivity index (χ3n) is 4.47. The van der Waals surface area contributed by atoms with Crippen molar-refractivity contribution in [3.05, 3.63) is 59.4 Å². The number of carbonyl (C=O) groups is 1. The Morgan fingerprint density at radius 1 is 1.07 bits per heavy atom. The Kier molecular flexibility index (Phi) is 4.53. The van der Waals surface area contributed by atoms with Gasteiger partial charge >= 0.3 is 0 Å². The number of aryl methyl sites for hydroxylation is 2. The van der Waals surface area contributed by atoms with Crippen LogP contribution in [0.4, 0.5) is 5.69 Å². The number of hydrogen-bond acceptors (Lipinski definition) is 5. The number of aromatic nitrogens is 4. The summed E-state index contributed by atoms with van der Waals surface area (Å²) in [5.74, 6) is 0.843. The van der Waals surface area contributed by atoms with E-state index >= 15 is 0 Å². The highest BCUT2D eigenvalue weighted by Gasteiger charge is 2.14. The fourth-order valence-corrected chi connectivity index (χ4v) is 3.67. The molecule has 0 aliphatic rings. The molecule has 0 aliphatic heterocycles. The monoisotopic (exact) mass is 377 g/mol. The summed E-state index contributed by atoms with van der Waals surface area (Å²) in [6.45, 7) is 5.89. The average molecular weight is 377 g/mol. The highest BCUT2D eigenvalue weighted by Crippen LogP contribution is 2.24. The molecule has 0 bridgehead atoms. The number of anilines is 1. The molecule has 2 aromatic carbocycles. The number of thioether (sulfide) groups is 1. The molecular weight excluding hydrogens is 358 g/mol. The molecule has 2 aromatic heterocycles. The van der Waals surface area contributed by atoms with Crippen molar-refractivity contribution in [3.63, 3.8) is 0 Å². The summed E-state index contributed by atoms with van der Waals surface area (Å²) < 4.78 is 1.72. The Hall–Kier alpha value is -2.93. The maximum atomic E-state index is 12.4. The predicted octanol–water partition coefficient (Wildman–Crippen LogP) is 3.93. The van der Waals surface area contributed by atoms with Gasteiger partial charge in [-0.25, -0.2) is 9.97 Å². The van der Waals surface area contributed by atoms with E-state index in [0.717, 1.165) is 33.4 Å². The molecule has 0 atom stereocenters. The quantitative estimate of drug-likeness (QED) is 0.431. The van der Waals surface area contributed by atoms with E-state index in [-0.39, 0.29) is 11.7 Å². The molecule has 136 valence electrons. The number of rotatable bonds is 4. The molecule has 0 unspecified atom stereocenters. The van der Waals surface area contributed by atoms with Crippen molar-refractivity contribution in [3.8, 4) is 0 Å². The van der Waals surface area contributed by atoms with Gasteiger partial charge in [0.05, 0.1) is 11.3 Å². The molecule has 4 rings (SSSR count). The fraction of sp³-hybridized carbons (Fsp3) is 0.200. The SMILES string of the molecule is Cc1nc2c3ccccc3nc(SCC(=O)Nc3cccc(C)c3C)n2n1. The fourth-order valence-electron chi connectivity index (χ4n) is 2.93. The molecule has 1 N–H and O–H groups in total. The second-order valence-electron chi connectivity index (χ2n) is 6.39. The lowest BCUT2D eigenvalue weighted by Crippen LogP contribution is -2.15. The minimum absolute atomic E-state index is 0.0753.